The average Bonchev–Trinajstić information content (AvgIpc) is 3.29. The van der Waals surface area contributed by atoms with Crippen LogP contribution in [0.4, 0.5) is 0 Å². The number of benzene rings is 1. The molecular formula is C24H33N7O7S. The summed E-state index contributed by atoms with van der Waals surface area (Å²) < 4.78 is 0. The molecule has 1 heterocycles. The number of carboxylic acids is 1. The fourth-order valence-corrected chi connectivity index (χ4v) is 3.98. The minimum absolute atomic E-state index is 0.0290. The van der Waals surface area contributed by atoms with Crippen molar-refractivity contribution >= 4 is 59.0 Å². The summed E-state index contributed by atoms with van der Waals surface area (Å²) in [6.07, 6.45) is 0.939. The molecule has 2 rings (SSSR count). The molecule has 0 aliphatic carbocycles. The lowest BCUT2D eigenvalue weighted by Gasteiger charge is -2.24. The lowest BCUT2D eigenvalue weighted by atomic mass is 10.0. The van der Waals surface area contributed by atoms with Gasteiger partial charge in [-0.1, -0.05) is 18.2 Å². The lowest BCUT2D eigenvalue weighted by molar-refractivity contribution is -0.142. The first-order valence-corrected chi connectivity index (χ1v) is 12.7. The topological polar surface area (TPSA) is 253 Å². The van der Waals surface area contributed by atoms with Crippen molar-refractivity contribution in [2.45, 2.75) is 56.3 Å². The predicted octanol–water partition coefficient (Wildman–Crippen LogP) is -1.96. The summed E-state index contributed by atoms with van der Waals surface area (Å²) >= 11 is 4.09. The molecule has 1 aromatic heterocycles. The minimum atomic E-state index is -1.32. The van der Waals surface area contributed by atoms with E-state index in [1.807, 2.05) is 18.2 Å². The maximum atomic E-state index is 12.9. The van der Waals surface area contributed by atoms with E-state index < -0.39 is 59.7 Å². The summed E-state index contributed by atoms with van der Waals surface area (Å²) in [5.74, 6) is -5.32. The van der Waals surface area contributed by atoms with Gasteiger partial charge >= 0.3 is 5.97 Å². The molecule has 5 amide bonds. The van der Waals surface area contributed by atoms with Crippen LogP contribution in [0.2, 0.25) is 0 Å². The van der Waals surface area contributed by atoms with E-state index in [1.165, 1.54) is 0 Å². The van der Waals surface area contributed by atoms with Crippen molar-refractivity contribution < 1.29 is 33.9 Å². The van der Waals surface area contributed by atoms with Gasteiger partial charge in [0.1, 0.15) is 18.1 Å². The third-order valence-electron chi connectivity index (χ3n) is 5.88. The summed E-state index contributed by atoms with van der Waals surface area (Å²) in [5.41, 5.74) is 17.4. The minimum Gasteiger partial charge on any atom is -0.480 e. The molecule has 4 unspecified atom stereocenters. The van der Waals surface area contributed by atoms with Crippen molar-refractivity contribution in [3.63, 3.8) is 0 Å². The zero-order valence-corrected chi connectivity index (χ0v) is 21.9. The Balaban J connectivity index is 2.09. The van der Waals surface area contributed by atoms with Crippen molar-refractivity contribution in [3.8, 4) is 0 Å². The first kappa shape index (κ1) is 31.1. The number of aromatic nitrogens is 1. The van der Waals surface area contributed by atoms with Gasteiger partial charge < -0.3 is 43.2 Å². The molecule has 1 aromatic carbocycles. The number of para-hydroxylation sites is 1. The number of carboxylic acid groups (broad SMARTS) is 1. The van der Waals surface area contributed by atoms with E-state index >= 15 is 0 Å². The molecule has 0 saturated carbocycles. The highest BCUT2D eigenvalue weighted by Crippen LogP contribution is 2.19. The van der Waals surface area contributed by atoms with Crippen LogP contribution in [0.15, 0.2) is 30.5 Å². The van der Waals surface area contributed by atoms with E-state index in [4.69, 9.17) is 17.2 Å². The number of rotatable bonds is 16. The van der Waals surface area contributed by atoms with Crippen molar-refractivity contribution in [2.24, 2.45) is 17.2 Å². The Morgan fingerprint density at radius 2 is 1.41 bits per heavy atom. The zero-order chi connectivity index (χ0) is 29.1. The van der Waals surface area contributed by atoms with Gasteiger partial charge in [-0.25, -0.2) is 4.79 Å². The van der Waals surface area contributed by atoms with E-state index in [0.29, 0.717) is 5.56 Å². The van der Waals surface area contributed by atoms with Crippen LogP contribution >= 0.6 is 12.6 Å². The second-order valence-electron chi connectivity index (χ2n) is 8.88. The van der Waals surface area contributed by atoms with Crippen LogP contribution in [-0.4, -0.2) is 75.5 Å². The van der Waals surface area contributed by atoms with E-state index in [9.17, 15) is 33.9 Å². The number of aliphatic carboxylic acids is 1. The van der Waals surface area contributed by atoms with E-state index in [0.717, 1.165) is 10.9 Å². The fourth-order valence-electron chi connectivity index (χ4n) is 3.72. The van der Waals surface area contributed by atoms with Crippen LogP contribution in [-0.2, 0) is 35.2 Å². The van der Waals surface area contributed by atoms with Crippen molar-refractivity contribution in [1.29, 1.82) is 0 Å². The normalized spacial score (nSPS) is 14.0. The Kier molecular flexibility index (Phi) is 11.7. The number of fused-ring (bicyclic) bond motifs is 1. The van der Waals surface area contributed by atoms with Gasteiger partial charge in [0.05, 0.1) is 6.04 Å². The largest absolute Gasteiger partial charge is 0.480 e. The van der Waals surface area contributed by atoms with E-state index in [-0.39, 0.29) is 37.9 Å². The number of H-pyrrole nitrogens is 1. The van der Waals surface area contributed by atoms with E-state index in [1.54, 1.807) is 12.3 Å². The van der Waals surface area contributed by atoms with Crippen molar-refractivity contribution in [3.05, 3.63) is 36.0 Å². The molecule has 14 nitrogen and oxygen atoms in total. The van der Waals surface area contributed by atoms with E-state index in [2.05, 4.69) is 33.6 Å². The molecule has 11 N–H and O–H groups in total. The Bertz CT molecular complexity index is 1220. The molecule has 0 saturated heterocycles. The fraction of sp³-hybridized carbons (Fsp3) is 0.417. The van der Waals surface area contributed by atoms with Gasteiger partial charge in [-0.05, 0) is 24.5 Å². The molecule has 39 heavy (non-hydrogen) atoms. The summed E-state index contributed by atoms with van der Waals surface area (Å²) in [4.78, 5) is 75.5. The number of carbonyl (C=O) groups excluding carboxylic acids is 5. The second-order valence-corrected chi connectivity index (χ2v) is 9.25. The van der Waals surface area contributed by atoms with Crippen LogP contribution < -0.4 is 33.2 Å². The number of hydrogen-bond donors (Lipinski definition) is 9. The highest BCUT2D eigenvalue weighted by molar-refractivity contribution is 7.80. The highest BCUT2D eigenvalue weighted by Gasteiger charge is 2.30. The summed E-state index contributed by atoms with van der Waals surface area (Å²) in [7, 11) is 0. The smallest absolute Gasteiger partial charge is 0.326 e. The van der Waals surface area contributed by atoms with Crippen molar-refractivity contribution in [1.82, 2.24) is 20.9 Å². The average molecular weight is 564 g/mol. The Labute approximate surface area is 229 Å². The standard InChI is InChI=1S/C24H33N7O7S/c25-14(5-7-19(26)32)21(34)29-16(6-8-20(27)33)22(35)31-18(11-39)23(36)30-17(24(37)38)9-12-10-28-15-4-2-1-3-13(12)15/h1-4,10,14,16-18,28,39H,5-9,11,25H2,(H2,26,32)(H2,27,33)(H,29,34)(H,30,36)(H,31,35)(H,37,38). The second kappa shape index (κ2) is 14.7. The molecule has 0 aliphatic rings. The van der Waals surface area contributed by atoms with Gasteiger partial charge in [-0.3, -0.25) is 24.0 Å². The molecule has 0 spiro atoms. The summed E-state index contributed by atoms with van der Waals surface area (Å²) in [6, 6.07) is 2.22. The number of nitrogens with one attached hydrogen (secondary N) is 4. The molecular weight excluding hydrogens is 530 g/mol. The number of primary amides is 2. The van der Waals surface area contributed by atoms with Crippen LogP contribution in [0, 0.1) is 0 Å². The molecule has 0 radical (unpaired) electrons. The molecule has 212 valence electrons. The quantitative estimate of drug-likeness (QED) is 0.103. The molecule has 15 heteroatoms. The van der Waals surface area contributed by atoms with Gasteiger partial charge in [0.15, 0.2) is 0 Å². The first-order chi connectivity index (χ1) is 18.4. The monoisotopic (exact) mass is 563 g/mol. The van der Waals surface area contributed by atoms with Crippen molar-refractivity contribution in [2.75, 3.05) is 5.75 Å². The first-order valence-electron chi connectivity index (χ1n) is 12.0. The number of aromatic amines is 1. The van der Waals surface area contributed by atoms with Crippen LogP contribution in [0.25, 0.3) is 10.9 Å². The number of nitrogens with two attached hydrogens (primary N) is 3. The molecule has 0 bridgehead atoms. The third-order valence-corrected chi connectivity index (χ3v) is 6.25. The molecule has 4 atom stereocenters. The van der Waals surface area contributed by atoms with Gasteiger partial charge in [-0.2, -0.15) is 12.6 Å². The van der Waals surface area contributed by atoms with Gasteiger partial charge in [-0.15, -0.1) is 0 Å². The maximum Gasteiger partial charge on any atom is 0.326 e. The third kappa shape index (κ3) is 9.61. The molecule has 2 aromatic rings. The SMILES string of the molecule is NC(=O)CCC(N)C(=O)NC(CCC(N)=O)C(=O)NC(CS)C(=O)NC(Cc1c[nH]c2ccccc12)C(=O)O. The Morgan fingerprint density at radius 3 is 2.03 bits per heavy atom. The van der Waals surface area contributed by atoms with Crippen LogP contribution in [0.5, 0.6) is 0 Å². The number of amides is 5. The summed E-state index contributed by atoms with van der Waals surface area (Å²) in [6.45, 7) is 0. The van der Waals surface area contributed by atoms with Crippen LogP contribution in [0.3, 0.4) is 0 Å². The molecule has 0 aliphatic heterocycles. The molecule has 0 fully saturated rings. The van der Waals surface area contributed by atoms with Gasteiger partial charge in [0.2, 0.25) is 29.5 Å². The van der Waals surface area contributed by atoms with Gasteiger partial charge in [0.25, 0.3) is 0 Å². The zero-order valence-electron chi connectivity index (χ0n) is 21.0. The number of thiol groups is 1. The van der Waals surface area contributed by atoms with Gasteiger partial charge in [0, 0.05) is 42.1 Å². The summed E-state index contributed by atoms with van der Waals surface area (Å²) in [5, 5.41) is 17.7. The Morgan fingerprint density at radius 1 is 0.846 bits per heavy atom. The predicted molar refractivity (Wildman–Crippen MR) is 144 cm³/mol. The lowest BCUT2D eigenvalue weighted by Crippen LogP contribution is -2.58. The van der Waals surface area contributed by atoms with Crippen LogP contribution in [0.1, 0.15) is 31.2 Å². The highest BCUT2D eigenvalue weighted by atomic mass is 32.1. The Hall–Kier alpha value is -4.11. The maximum absolute atomic E-state index is 12.9. The number of hydrogen-bond acceptors (Lipinski definition) is 8. The number of carbonyl (C=O) groups is 6.